The number of aromatic nitrogens is 3. The molecule has 5 unspecified atom stereocenters. The SMILES string of the molecule is C=C1C(=C)N(C)C(C)[C@@H]1C.C=C1C(C)=C(C)N=NN1C.C=C1C(C)=NN(C)C(=C)N1C.C=C1C(C)[C@H](C)N(C)C(=C)N1C.C=C1CC(=C)N(C)C(C)[C@@H]1C.C=C1CC(C)=C(C)C(C)(C)N1C.C=C1C[C@@H](C)C(C)C(=C)N1C.C=C1N(C)C(=C)N(C)C(=C)N1C.C=C1N(C)CC(C)=C(C)C1(C)C.C=C1N=C(C)C(C)=NN1C.C=C1[C@@H](C)C(C)C(C)=NN1C.Cc1nnc(C)n(C)c1=O. The summed E-state index contributed by atoms with van der Waals surface area (Å²) in [6.45, 7) is 127. The van der Waals surface area contributed by atoms with Gasteiger partial charge < -0.3 is 53.9 Å². The molecule has 12 heterocycles. The Kier molecular flexibility index (Phi) is 44.9. The van der Waals surface area contributed by atoms with Crippen LogP contribution in [0.2, 0.25) is 0 Å². The Morgan fingerprint density at radius 3 is 1.32 bits per heavy atom. The number of piperidine rings is 2. The topological polar surface area (TPSA) is 171 Å². The predicted octanol–water partition coefficient (Wildman–Crippen LogP) is 22.4. The molecular formula is C107H180N24O. The van der Waals surface area contributed by atoms with Crippen molar-refractivity contribution >= 4 is 22.8 Å². The Balaban J connectivity index is 0.000000720. The molecule has 132 heavy (non-hydrogen) atoms. The van der Waals surface area contributed by atoms with Crippen LogP contribution >= 0.6 is 0 Å². The van der Waals surface area contributed by atoms with E-state index in [0.29, 0.717) is 76.9 Å². The quantitative estimate of drug-likeness (QED) is 0.224. The molecule has 0 N–H and O–H groups in total. The second-order valence-corrected chi connectivity index (χ2v) is 38.2. The van der Waals surface area contributed by atoms with Gasteiger partial charge in [0.1, 0.15) is 46.4 Å². The summed E-state index contributed by atoms with van der Waals surface area (Å²) in [5.41, 5.74) is 26.4. The first kappa shape index (κ1) is 119. The maximum atomic E-state index is 11.0. The maximum Gasteiger partial charge on any atom is 0.274 e. The molecule has 5 fully saturated rings. The van der Waals surface area contributed by atoms with Crippen molar-refractivity contribution < 1.29 is 0 Å². The van der Waals surface area contributed by atoms with Gasteiger partial charge in [0.05, 0.1) is 39.8 Å². The summed E-state index contributed by atoms with van der Waals surface area (Å²) in [6, 6.07) is 1.63. The van der Waals surface area contributed by atoms with Gasteiger partial charge in [-0.1, -0.05) is 208 Å². The number of allylic oxidation sites excluding steroid dienone is 10. The van der Waals surface area contributed by atoms with E-state index in [9.17, 15) is 4.79 Å². The minimum Gasteiger partial charge on any atom is -0.375 e. The summed E-state index contributed by atoms with van der Waals surface area (Å²) >= 11 is 0. The Hall–Kier alpha value is -11.4. The Bertz CT molecular complexity index is 4770. The zero-order valence-electron chi connectivity index (χ0n) is 91.0. The highest BCUT2D eigenvalue weighted by atomic mass is 16.1. The highest BCUT2D eigenvalue weighted by Gasteiger charge is 2.36. The Morgan fingerprint density at radius 1 is 0.386 bits per heavy atom. The number of hydrogen-bond donors (Lipinski definition) is 0. The first-order valence-corrected chi connectivity index (χ1v) is 45.6. The van der Waals surface area contributed by atoms with Crippen molar-refractivity contribution in [3.8, 4) is 0 Å². The normalized spacial score (nSPS) is 24.7. The third-order valence-corrected chi connectivity index (χ3v) is 29.6. The van der Waals surface area contributed by atoms with Crippen LogP contribution in [-0.2, 0) is 7.05 Å². The van der Waals surface area contributed by atoms with E-state index < -0.39 is 0 Å². The van der Waals surface area contributed by atoms with Crippen molar-refractivity contribution in [2.24, 2.45) is 84.5 Å². The lowest BCUT2D eigenvalue weighted by Gasteiger charge is -2.45. The summed E-state index contributed by atoms with van der Waals surface area (Å²) < 4.78 is 1.47. The van der Waals surface area contributed by atoms with Gasteiger partial charge in [-0.15, -0.1) is 15.3 Å². The highest BCUT2D eigenvalue weighted by Crippen LogP contribution is 2.42. The molecule has 10 atom stereocenters. The van der Waals surface area contributed by atoms with Gasteiger partial charge in [-0.25, -0.2) is 4.99 Å². The molecular weight excluding hydrogens is 1640 g/mol. The molecule has 0 spiro atoms. The van der Waals surface area contributed by atoms with Crippen LogP contribution in [0.15, 0.2) is 290 Å². The van der Waals surface area contributed by atoms with Crippen molar-refractivity contribution in [1.82, 2.24) is 88.7 Å². The second kappa shape index (κ2) is 49.9. The van der Waals surface area contributed by atoms with E-state index in [-0.39, 0.29) is 16.5 Å². The van der Waals surface area contributed by atoms with Crippen LogP contribution in [-0.4, -0.2) is 247 Å². The van der Waals surface area contributed by atoms with Crippen LogP contribution < -0.4 is 5.56 Å². The molecule has 0 amide bonds. The van der Waals surface area contributed by atoms with Crippen LogP contribution in [0.3, 0.4) is 0 Å². The lowest BCUT2D eigenvalue weighted by Crippen LogP contribution is -2.46. The van der Waals surface area contributed by atoms with Crippen molar-refractivity contribution in [3.05, 3.63) is 277 Å². The minimum atomic E-state index is -0.0764. The molecule has 1 aromatic heterocycles. The van der Waals surface area contributed by atoms with Crippen molar-refractivity contribution in [2.75, 3.05) is 112 Å². The van der Waals surface area contributed by atoms with Gasteiger partial charge in [-0.2, -0.15) is 15.3 Å². The van der Waals surface area contributed by atoms with Gasteiger partial charge in [-0.05, 0) is 159 Å². The van der Waals surface area contributed by atoms with E-state index >= 15 is 0 Å². The number of rotatable bonds is 0. The molecule has 11 aliphatic rings. The van der Waals surface area contributed by atoms with Gasteiger partial charge >= 0.3 is 0 Å². The first-order chi connectivity index (χ1) is 60.2. The highest BCUT2D eigenvalue weighted by molar-refractivity contribution is 6.41. The molecule has 734 valence electrons. The number of nitrogens with zero attached hydrogens (tertiary/aromatic N) is 24. The summed E-state index contributed by atoms with van der Waals surface area (Å²) in [5, 5.41) is 34.8. The molecule has 25 heteroatoms. The molecule has 11 aliphatic heterocycles. The zero-order valence-corrected chi connectivity index (χ0v) is 91.0. The van der Waals surface area contributed by atoms with Crippen molar-refractivity contribution in [3.63, 3.8) is 0 Å². The molecule has 12 rings (SSSR count). The smallest absolute Gasteiger partial charge is 0.274 e. The Labute approximate surface area is 803 Å². The molecule has 25 nitrogen and oxygen atoms in total. The average Bonchev–Trinajstić information content (AvgIpc) is 0.827. The molecule has 0 bridgehead atoms. The van der Waals surface area contributed by atoms with E-state index in [1.165, 1.54) is 72.2 Å². The summed E-state index contributed by atoms with van der Waals surface area (Å²) in [7, 11) is 31.5. The van der Waals surface area contributed by atoms with Crippen LogP contribution in [0.5, 0.6) is 0 Å². The lowest BCUT2D eigenvalue weighted by molar-refractivity contribution is 0.151. The summed E-state index contributed by atoms with van der Waals surface area (Å²) in [6.07, 6.45) is 3.12. The number of likely N-dealkylation sites (tertiary alicyclic amines) is 3. The van der Waals surface area contributed by atoms with E-state index in [1.807, 2.05) is 130 Å². The fourth-order valence-corrected chi connectivity index (χ4v) is 15.0. The average molecular weight is 1820 g/mol. The lowest BCUT2D eigenvalue weighted by atomic mass is 9.77. The Morgan fingerprint density at radius 2 is 0.864 bits per heavy atom. The molecule has 0 saturated carbocycles. The largest absolute Gasteiger partial charge is 0.375 e. The fraction of sp³-hybridized carbons (Fsp3) is 0.542. The van der Waals surface area contributed by atoms with Crippen LogP contribution in [0, 0.1) is 60.7 Å². The molecule has 0 radical (unpaired) electrons. The summed E-state index contributed by atoms with van der Waals surface area (Å²) in [5.74, 6) is 9.93. The van der Waals surface area contributed by atoms with Crippen LogP contribution in [0.4, 0.5) is 0 Å². The van der Waals surface area contributed by atoms with Crippen LogP contribution in [0.25, 0.3) is 0 Å². The molecule has 5 saturated heterocycles. The van der Waals surface area contributed by atoms with Gasteiger partial charge in [0, 0.05) is 231 Å². The zero-order chi connectivity index (χ0) is 103. The maximum absolute atomic E-state index is 11.0. The van der Waals surface area contributed by atoms with Gasteiger partial charge in [-0.3, -0.25) is 29.4 Å². The predicted molar refractivity (Wildman–Crippen MR) is 569 cm³/mol. The molecule has 1 aromatic rings. The third kappa shape index (κ3) is 29.8. The van der Waals surface area contributed by atoms with E-state index in [1.54, 1.807) is 35.9 Å². The first-order valence-electron chi connectivity index (χ1n) is 45.6. The number of likely N-dealkylation sites (N-methyl/N-ethyl adjacent to an activating group) is 4. The number of hydrogen-bond acceptors (Lipinski definition) is 24. The van der Waals surface area contributed by atoms with Gasteiger partial charge in [0.15, 0.2) is 0 Å². The van der Waals surface area contributed by atoms with E-state index in [0.717, 1.165) is 112 Å². The van der Waals surface area contributed by atoms with Gasteiger partial charge in [0.2, 0.25) is 0 Å². The number of aliphatic imine (C=N–C) groups is 1. The van der Waals surface area contributed by atoms with Crippen molar-refractivity contribution in [1.29, 1.82) is 0 Å². The molecule has 0 aliphatic carbocycles. The summed E-state index contributed by atoms with van der Waals surface area (Å²) in [4.78, 5) is 38.2. The van der Waals surface area contributed by atoms with Crippen LogP contribution in [0.1, 0.15) is 197 Å². The number of hydrazone groups is 3. The van der Waals surface area contributed by atoms with Crippen molar-refractivity contribution in [2.45, 2.75) is 223 Å². The molecule has 0 aromatic carbocycles. The fourth-order valence-electron chi connectivity index (χ4n) is 15.0. The van der Waals surface area contributed by atoms with E-state index in [2.05, 4.69) is 360 Å². The van der Waals surface area contributed by atoms with E-state index in [4.69, 9.17) is 0 Å². The second-order valence-electron chi connectivity index (χ2n) is 38.2. The monoisotopic (exact) mass is 1820 g/mol. The standard InChI is InChI=1S/2C11H19N.C10H18N2.2C10H17N.C9H15N3.C9H16N2.C9H15N.C8H13N3.2C7H11N3.C6H9N3O/c1-8-7-12(6)10(3)11(4,5)9(8)2;1-8-7-9(2)12(6)11(4,5)10(8)3;1-7-8(2)11(5)10(4)12(6)9(7)3;2*1-7-6-8(2)11(5)10(4)9(7)3;1-7-10(4)8(2)12(6)9(3)11(7)5;1-6-7(2)9(4)11(5)10-8(6)3;1-6-7(2)9(4)10(5)8(6)3;1-6-7(2)10(4)8(3)11(5)9-6;1-5-6(2)9-10(4)7(3)8-5;1-5-6(2)8-9-10(4)7(5)3;1-4-6(10)9(3)5(2)8-7-4/h3,7H2,1-2,4-6H3;2,7H2,1,3-6H3;7,9H,2,4H2,1,3,5-6H3;7,9H,2,4,6H2,1,3,5H3;9-10H,1-2,6H2,3-5H3;1-3H2,4-6H3;6-7H,4H2,1-3,5H3;7,9H,1,3H2,2,4-5H3;2-3H2,1,4-5H3;2*3H2,1-2,4H3;1-3H3/t;;7?,9-;7-,9?;9-,10?;;6?,7-;7-,9?;;;;/m..011.01..../s1. The third-order valence-electron chi connectivity index (χ3n) is 29.6. The minimum absolute atomic E-state index is 0.0764. The number of aryl methyl sites for hydroxylation is 2. The van der Waals surface area contributed by atoms with Gasteiger partial charge in [0.25, 0.3) is 5.56 Å².